The van der Waals surface area contributed by atoms with Gasteiger partial charge in [0.25, 0.3) is 11.8 Å². The van der Waals surface area contributed by atoms with Gasteiger partial charge in [-0.15, -0.1) is 0 Å². The molecule has 0 saturated heterocycles. The second-order valence-corrected chi connectivity index (χ2v) is 7.81. The zero-order valence-corrected chi connectivity index (χ0v) is 15.6. The smallest absolute Gasteiger partial charge is 0.267 e. The van der Waals surface area contributed by atoms with Crippen LogP contribution in [-0.2, 0) is 4.79 Å². The van der Waals surface area contributed by atoms with Gasteiger partial charge in [0, 0.05) is 17.1 Å². The first-order chi connectivity index (χ1) is 13.3. The minimum absolute atomic E-state index is 0.000628. The number of primary amides is 1. The predicted octanol–water partition coefficient (Wildman–Crippen LogP) is 2.26. The summed E-state index contributed by atoms with van der Waals surface area (Å²) in [5, 5.41) is 6.30. The van der Waals surface area contributed by atoms with E-state index in [9.17, 15) is 14.0 Å². The van der Waals surface area contributed by atoms with Gasteiger partial charge in [0.2, 0.25) is 0 Å². The zero-order valence-electron chi connectivity index (χ0n) is 14.8. The van der Waals surface area contributed by atoms with Crippen molar-refractivity contribution in [3.8, 4) is 5.75 Å². The molecule has 0 unspecified atom stereocenters. The number of nitrogens with zero attached hydrogens (tertiary/aromatic N) is 1. The first-order valence-electron chi connectivity index (χ1n) is 8.72. The topological polar surface area (TPSA) is 106 Å². The highest BCUT2D eigenvalue weighted by Gasteiger charge is 2.68. The van der Waals surface area contributed by atoms with Crippen LogP contribution in [0.15, 0.2) is 36.4 Å². The maximum atomic E-state index is 13.4. The second kappa shape index (κ2) is 6.63. The summed E-state index contributed by atoms with van der Waals surface area (Å²) in [7, 11) is 0. The Kier molecular flexibility index (Phi) is 4.38. The van der Waals surface area contributed by atoms with Gasteiger partial charge in [-0.25, -0.2) is 9.37 Å². The maximum Gasteiger partial charge on any atom is 0.267 e. The highest BCUT2D eigenvalue weighted by atomic mass is 35.5. The lowest BCUT2D eigenvalue weighted by Gasteiger charge is -2.70. The predicted molar refractivity (Wildman–Crippen MR) is 101 cm³/mol. The number of benzene rings is 1. The van der Waals surface area contributed by atoms with Crippen molar-refractivity contribution >= 4 is 29.2 Å². The number of amides is 2. The van der Waals surface area contributed by atoms with Gasteiger partial charge in [0.15, 0.2) is 6.61 Å². The van der Waals surface area contributed by atoms with E-state index in [1.165, 1.54) is 12.1 Å². The van der Waals surface area contributed by atoms with Crippen LogP contribution >= 0.6 is 11.6 Å². The molecule has 0 radical (unpaired) electrons. The van der Waals surface area contributed by atoms with Crippen molar-refractivity contribution in [2.75, 3.05) is 11.9 Å². The van der Waals surface area contributed by atoms with Crippen molar-refractivity contribution in [1.29, 1.82) is 0 Å². The maximum absolute atomic E-state index is 13.4. The van der Waals surface area contributed by atoms with Crippen LogP contribution in [0.3, 0.4) is 0 Å². The Morgan fingerprint density at radius 1 is 1.21 bits per heavy atom. The summed E-state index contributed by atoms with van der Waals surface area (Å²) in [6.45, 7) is -0.203. The van der Waals surface area contributed by atoms with E-state index in [2.05, 4.69) is 15.6 Å². The third kappa shape index (κ3) is 3.47. The van der Waals surface area contributed by atoms with Gasteiger partial charge in [-0.05, 0) is 43.5 Å². The molecule has 3 aliphatic carbocycles. The number of carbonyl (C=O) groups is 2. The van der Waals surface area contributed by atoms with E-state index >= 15 is 0 Å². The van der Waals surface area contributed by atoms with Gasteiger partial charge in [-0.3, -0.25) is 9.59 Å². The molecule has 3 saturated carbocycles. The number of hydrogen-bond acceptors (Lipinski definition) is 5. The van der Waals surface area contributed by atoms with E-state index in [1.54, 1.807) is 18.2 Å². The van der Waals surface area contributed by atoms with E-state index in [0.717, 1.165) is 25.3 Å². The number of aromatic nitrogens is 1. The van der Waals surface area contributed by atoms with Crippen LogP contribution in [0, 0.1) is 5.82 Å². The Morgan fingerprint density at radius 3 is 2.64 bits per heavy atom. The number of ether oxygens (including phenoxy) is 1. The molecule has 1 aromatic carbocycles. The molecule has 9 heteroatoms. The highest BCUT2D eigenvalue weighted by Crippen LogP contribution is 2.61. The Hall–Kier alpha value is -2.87. The Bertz CT molecular complexity index is 948. The van der Waals surface area contributed by atoms with Gasteiger partial charge in [-0.1, -0.05) is 17.7 Å². The Labute approximate surface area is 165 Å². The largest absolute Gasteiger partial charge is 0.484 e. The van der Waals surface area contributed by atoms with Crippen LogP contribution in [0.25, 0.3) is 0 Å². The minimum Gasteiger partial charge on any atom is -0.484 e. The van der Waals surface area contributed by atoms with Crippen LogP contribution in [0.2, 0.25) is 5.02 Å². The summed E-state index contributed by atoms with van der Waals surface area (Å²) in [4.78, 5) is 27.6. The van der Waals surface area contributed by atoms with Crippen LogP contribution in [0.5, 0.6) is 5.75 Å². The van der Waals surface area contributed by atoms with Gasteiger partial charge >= 0.3 is 0 Å². The van der Waals surface area contributed by atoms with Gasteiger partial charge in [0.1, 0.15) is 23.1 Å². The van der Waals surface area contributed by atoms with E-state index in [0.29, 0.717) is 5.82 Å². The summed E-state index contributed by atoms with van der Waals surface area (Å²) < 4.78 is 18.7. The molecular weight excluding hydrogens is 387 g/mol. The molecule has 5 rings (SSSR count). The Balaban J connectivity index is 1.26. The van der Waals surface area contributed by atoms with Gasteiger partial charge in [0.05, 0.1) is 5.02 Å². The SMILES string of the molecule is NC(=O)c1cccc(NC23CC(NC(=O)COc4ccc(Cl)c(F)c4)(C2)C3)n1. The molecule has 2 aromatic rings. The standard InChI is InChI=1S/C19H18ClFN4O3/c20-12-5-4-11(6-13(12)21)28-7-16(26)25-19-8-18(9-19,10-19)24-15-3-1-2-14(23-15)17(22)27/h1-6H,7-10H2,(H2,22,27)(H,23,24)(H,25,26). The molecule has 3 aliphatic rings. The molecule has 1 aromatic heterocycles. The summed E-state index contributed by atoms with van der Waals surface area (Å²) in [5.41, 5.74) is 5.07. The molecule has 4 N–H and O–H groups in total. The monoisotopic (exact) mass is 404 g/mol. The average molecular weight is 405 g/mol. The number of nitrogens with two attached hydrogens (primary N) is 1. The summed E-state index contributed by atoms with van der Waals surface area (Å²) in [5.74, 6) is -0.610. The molecule has 0 atom stereocenters. The fourth-order valence-corrected chi connectivity index (χ4v) is 4.13. The van der Waals surface area contributed by atoms with Crippen molar-refractivity contribution in [2.24, 2.45) is 5.73 Å². The minimum atomic E-state index is -0.596. The fraction of sp³-hybridized carbons (Fsp3) is 0.316. The van der Waals surface area contributed by atoms with E-state index in [1.807, 2.05) is 0 Å². The van der Waals surface area contributed by atoms with Crippen molar-refractivity contribution in [3.63, 3.8) is 0 Å². The summed E-state index contributed by atoms with van der Waals surface area (Å²) in [6, 6.07) is 9.08. The van der Waals surface area contributed by atoms with Crippen molar-refractivity contribution in [1.82, 2.24) is 10.3 Å². The third-order valence-electron chi connectivity index (χ3n) is 5.09. The number of anilines is 1. The first-order valence-corrected chi connectivity index (χ1v) is 9.10. The summed E-state index contributed by atoms with van der Waals surface area (Å²) in [6.07, 6.45) is 2.26. The fourth-order valence-electron chi connectivity index (χ4n) is 4.01. The molecule has 3 fully saturated rings. The van der Waals surface area contributed by atoms with Crippen molar-refractivity contribution < 1.29 is 18.7 Å². The molecule has 2 amide bonds. The molecule has 1 heterocycles. The van der Waals surface area contributed by atoms with E-state index in [4.69, 9.17) is 22.1 Å². The average Bonchev–Trinajstić information content (AvgIpc) is 2.60. The number of rotatable bonds is 7. The Morgan fingerprint density at radius 2 is 1.96 bits per heavy atom. The normalized spacial score (nSPS) is 24.5. The molecular formula is C19H18ClFN4O3. The first kappa shape index (κ1) is 18.5. The van der Waals surface area contributed by atoms with Crippen LogP contribution < -0.4 is 21.1 Å². The number of carbonyl (C=O) groups excluding carboxylic acids is 2. The zero-order chi connectivity index (χ0) is 19.9. The number of hydrogen-bond donors (Lipinski definition) is 3. The quantitative estimate of drug-likeness (QED) is 0.656. The van der Waals surface area contributed by atoms with Crippen LogP contribution in [-0.4, -0.2) is 34.5 Å². The third-order valence-corrected chi connectivity index (χ3v) is 5.40. The second-order valence-electron chi connectivity index (χ2n) is 7.40. The van der Waals surface area contributed by atoms with Gasteiger partial charge < -0.3 is 21.1 Å². The van der Waals surface area contributed by atoms with Crippen LogP contribution in [0.1, 0.15) is 29.8 Å². The lowest BCUT2D eigenvalue weighted by atomic mass is 9.44. The molecule has 7 nitrogen and oxygen atoms in total. The van der Waals surface area contributed by atoms with E-state index in [-0.39, 0.29) is 40.1 Å². The molecule has 0 aliphatic heterocycles. The summed E-state index contributed by atoms with van der Waals surface area (Å²) >= 11 is 5.61. The molecule has 2 bridgehead atoms. The highest BCUT2D eigenvalue weighted by molar-refractivity contribution is 6.30. The number of halogens is 2. The lowest BCUT2D eigenvalue weighted by Crippen LogP contribution is -2.81. The molecule has 0 spiro atoms. The van der Waals surface area contributed by atoms with Crippen molar-refractivity contribution in [3.05, 3.63) is 52.9 Å². The molecule has 146 valence electrons. The van der Waals surface area contributed by atoms with Gasteiger partial charge in [-0.2, -0.15) is 0 Å². The van der Waals surface area contributed by atoms with E-state index < -0.39 is 11.7 Å². The number of pyridine rings is 1. The van der Waals surface area contributed by atoms with Crippen molar-refractivity contribution in [2.45, 2.75) is 30.3 Å². The number of nitrogens with one attached hydrogen (secondary N) is 2. The lowest BCUT2D eigenvalue weighted by molar-refractivity contribution is -0.135. The molecule has 28 heavy (non-hydrogen) atoms. The van der Waals surface area contributed by atoms with Crippen LogP contribution in [0.4, 0.5) is 10.2 Å².